The Kier molecular flexibility index (Phi) is 3.56. The molecule has 1 amide bonds. The molecule has 0 radical (unpaired) electrons. The zero-order chi connectivity index (χ0) is 16.8. The molecular formula is C16H16N4O3S. The van der Waals surface area contributed by atoms with Crippen molar-refractivity contribution in [3.05, 3.63) is 39.8 Å². The summed E-state index contributed by atoms with van der Waals surface area (Å²) in [5.41, 5.74) is 2.11. The van der Waals surface area contributed by atoms with E-state index in [9.17, 15) is 14.4 Å². The summed E-state index contributed by atoms with van der Waals surface area (Å²) in [7, 11) is 1.74. The summed E-state index contributed by atoms with van der Waals surface area (Å²) in [5.74, 6) is 0.205. The highest BCUT2D eigenvalue weighted by Gasteiger charge is 2.29. The second kappa shape index (κ2) is 5.62. The lowest BCUT2D eigenvalue weighted by molar-refractivity contribution is -0.117. The summed E-state index contributed by atoms with van der Waals surface area (Å²) in [4.78, 5) is 37.5. The average molecular weight is 344 g/mol. The van der Waals surface area contributed by atoms with Crippen LogP contribution in [0.1, 0.15) is 34.8 Å². The number of fused-ring (bicyclic) bond motifs is 1. The van der Waals surface area contributed by atoms with E-state index < -0.39 is 0 Å². The van der Waals surface area contributed by atoms with E-state index in [0.717, 1.165) is 24.1 Å². The highest BCUT2D eigenvalue weighted by molar-refractivity contribution is 7.99. The second-order valence-electron chi connectivity index (χ2n) is 6.10. The highest BCUT2D eigenvalue weighted by Crippen LogP contribution is 2.36. The molecular weight excluding hydrogens is 328 g/mol. The van der Waals surface area contributed by atoms with Gasteiger partial charge in [-0.3, -0.25) is 14.2 Å². The fourth-order valence-electron chi connectivity index (χ4n) is 2.90. The lowest BCUT2D eigenvalue weighted by Crippen LogP contribution is -2.20. The predicted octanol–water partition coefficient (Wildman–Crippen LogP) is 1.40. The summed E-state index contributed by atoms with van der Waals surface area (Å²) in [5, 5.41) is 7.02. The standard InChI is InChI=1S/C16H16N4O3S/c1-19-12-5-2-9(6-10(12)7-14(19)22)13(21)8-24-16-18-17-15(23)20(16)11-3-4-11/h2,5-6,11H,3-4,7-8H2,1H3,(H,17,23). The first-order valence-electron chi connectivity index (χ1n) is 7.77. The molecule has 0 spiro atoms. The molecule has 1 aliphatic heterocycles. The minimum atomic E-state index is -0.216. The van der Waals surface area contributed by atoms with Gasteiger partial charge in [0.1, 0.15) is 0 Å². The van der Waals surface area contributed by atoms with E-state index in [1.54, 1.807) is 28.6 Å². The Bertz CT molecular complexity index is 897. The van der Waals surface area contributed by atoms with Crippen LogP contribution in [0.25, 0.3) is 0 Å². The van der Waals surface area contributed by atoms with Crippen LogP contribution in [-0.2, 0) is 11.2 Å². The SMILES string of the molecule is CN1C(=O)Cc2cc(C(=O)CSc3n[nH]c(=O)n3C3CC3)ccc21. The number of ketones is 1. The van der Waals surface area contributed by atoms with Crippen LogP contribution in [0, 0.1) is 0 Å². The van der Waals surface area contributed by atoms with Crippen LogP contribution in [-0.4, -0.2) is 39.3 Å². The Hall–Kier alpha value is -2.35. The number of anilines is 1. The molecule has 1 aromatic carbocycles. The molecule has 2 aliphatic rings. The third-order valence-electron chi connectivity index (χ3n) is 4.40. The predicted molar refractivity (Wildman–Crippen MR) is 89.7 cm³/mol. The van der Waals surface area contributed by atoms with Crippen LogP contribution in [0.3, 0.4) is 0 Å². The van der Waals surface area contributed by atoms with Gasteiger partial charge in [0.2, 0.25) is 5.91 Å². The van der Waals surface area contributed by atoms with Crippen LogP contribution >= 0.6 is 11.8 Å². The number of likely N-dealkylation sites (N-methyl/N-ethyl adjacent to an activating group) is 1. The van der Waals surface area contributed by atoms with Gasteiger partial charge in [0.25, 0.3) is 0 Å². The lowest BCUT2D eigenvalue weighted by Gasteiger charge is -2.10. The van der Waals surface area contributed by atoms with Crippen molar-refractivity contribution >= 4 is 29.1 Å². The quantitative estimate of drug-likeness (QED) is 0.654. The van der Waals surface area contributed by atoms with Crippen molar-refractivity contribution in [3.8, 4) is 0 Å². The molecule has 1 saturated carbocycles. The lowest BCUT2D eigenvalue weighted by atomic mass is 10.1. The van der Waals surface area contributed by atoms with Crippen molar-refractivity contribution < 1.29 is 9.59 Å². The number of nitrogens with one attached hydrogen (secondary N) is 1. The maximum atomic E-state index is 12.4. The summed E-state index contributed by atoms with van der Waals surface area (Å²) in [6, 6.07) is 5.57. The van der Waals surface area contributed by atoms with Gasteiger partial charge in [-0.15, -0.1) is 5.10 Å². The third-order valence-corrected chi connectivity index (χ3v) is 5.35. The summed E-state index contributed by atoms with van der Waals surface area (Å²) in [6.07, 6.45) is 2.29. The number of rotatable bonds is 5. The number of hydrogen-bond donors (Lipinski definition) is 1. The van der Waals surface area contributed by atoms with Crippen LogP contribution in [0.2, 0.25) is 0 Å². The van der Waals surface area contributed by atoms with Gasteiger partial charge in [-0.1, -0.05) is 11.8 Å². The van der Waals surface area contributed by atoms with Gasteiger partial charge in [-0.25, -0.2) is 9.89 Å². The second-order valence-corrected chi connectivity index (χ2v) is 7.04. The van der Waals surface area contributed by atoms with Crippen molar-refractivity contribution in [2.45, 2.75) is 30.5 Å². The minimum Gasteiger partial charge on any atom is -0.315 e. The monoisotopic (exact) mass is 344 g/mol. The van der Waals surface area contributed by atoms with Crippen molar-refractivity contribution in [3.63, 3.8) is 0 Å². The van der Waals surface area contributed by atoms with Crippen LogP contribution in [0.15, 0.2) is 28.2 Å². The summed E-state index contributed by atoms with van der Waals surface area (Å²) in [6.45, 7) is 0. The number of hydrogen-bond acceptors (Lipinski definition) is 5. The van der Waals surface area contributed by atoms with Crippen LogP contribution < -0.4 is 10.6 Å². The number of nitrogens with zero attached hydrogens (tertiary/aromatic N) is 3. The van der Waals surface area contributed by atoms with E-state index in [1.807, 2.05) is 6.07 Å². The zero-order valence-corrected chi connectivity index (χ0v) is 13.9. The third kappa shape index (κ3) is 2.56. The molecule has 1 aliphatic carbocycles. The molecule has 0 atom stereocenters. The Morgan fingerprint density at radius 3 is 2.92 bits per heavy atom. The molecule has 1 fully saturated rings. The number of aromatic amines is 1. The number of carbonyl (C=O) groups is 2. The number of benzene rings is 1. The van der Waals surface area contributed by atoms with Crippen molar-refractivity contribution in [1.29, 1.82) is 0 Å². The summed E-state index contributed by atoms with van der Waals surface area (Å²) >= 11 is 1.27. The smallest absolute Gasteiger partial charge is 0.315 e. The number of amides is 1. The van der Waals surface area contributed by atoms with E-state index in [1.165, 1.54) is 11.8 Å². The molecule has 7 nitrogen and oxygen atoms in total. The normalized spacial score (nSPS) is 16.5. The average Bonchev–Trinajstić information content (AvgIpc) is 3.28. The molecule has 24 heavy (non-hydrogen) atoms. The first-order valence-corrected chi connectivity index (χ1v) is 8.75. The van der Waals surface area contributed by atoms with Crippen LogP contribution in [0.5, 0.6) is 0 Å². The maximum absolute atomic E-state index is 12.4. The number of thioether (sulfide) groups is 1. The molecule has 4 rings (SSSR count). The van der Waals surface area contributed by atoms with Gasteiger partial charge < -0.3 is 4.90 Å². The number of Topliss-reactive ketones (excluding diaryl/α,β-unsaturated/α-hetero) is 1. The maximum Gasteiger partial charge on any atom is 0.344 e. The topological polar surface area (TPSA) is 88.1 Å². The highest BCUT2D eigenvalue weighted by atomic mass is 32.2. The van der Waals surface area contributed by atoms with Gasteiger partial charge >= 0.3 is 5.69 Å². The fraction of sp³-hybridized carbons (Fsp3) is 0.375. The van der Waals surface area contributed by atoms with E-state index in [0.29, 0.717) is 17.1 Å². The van der Waals surface area contributed by atoms with E-state index in [-0.39, 0.29) is 29.2 Å². The molecule has 0 unspecified atom stereocenters. The molecule has 1 aromatic heterocycles. The van der Waals surface area contributed by atoms with E-state index in [2.05, 4.69) is 10.2 Å². The van der Waals surface area contributed by atoms with E-state index in [4.69, 9.17) is 0 Å². The van der Waals surface area contributed by atoms with Crippen molar-refractivity contribution in [2.75, 3.05) is 17.7 Å². The van der Waals surface area contributed by atoms with Gasteiger partial charge in [0, 0.05) is 24.3 Å². The minimum absolute atomic E-state index is 0.0361. The molecule has 1 N–H and O–H groups in total. The fourth-order valence-corrected chi connectivity index (χ4v) is 3.81. The zero-order valence-electron chi connectivity index (χ0n) is 13.1. The molecule has 8 heteroatoms. The van der Waals surface area contributed by atoms with Crippen LogP contribution in [0.4, 0.5) is 5.69 Å². The molecule has 2 aromatic rings. The Balaban J connectivity index is 1.49. The van der Waals surface area contributed by atoms with Gasteiger partial charge in [-0.2, -0.15) is 0 Å². The molecule has 0 bridgehead atoms. The number of H-pyrrole nitrogens is 1. The Morgan fingerprint density at radius 1 is 1.38 bits per heavy atom. The van der Waals surface area contributed by atoms with E-state index >= 15 is 0 Å². The number of carbonyl (C=O) groups excluding carboxylic acids is 2. The van der Waals surface area contributed by atoms with Gasteiger partial charge in [-0.05, 0) is 36.6 Å². The number of aromatic nitrogens is 3. The van der Waals surface area contributed by atoms with Crippen molar-refractivity contribution in [1.82, 2.24) is 14.8 Å². The first-order chi connectivity index (χ1) is 11.5. The molecule has 124 valence electrons. The van der Waals surface area contributed by atoms with Gasteiger partial charge in [0.05, 0.1) is 12.2 Å². The first kappa shape index (κ1) is 15.2. The molecule has 2 heterocycles. The largest absolute Gasteiger partial charge is 0.344 e. The molecule has 0 saturated heterocycles. The van der Waals surface area contributed by atoms with Gasteiger partial charge in [0.15, 0.2) is 10.9 Å². The Labute approximate surface area is 142 Å². The van der Waals surface area contributed by atoms with Crippen molar-refractivity contribution in [2.24, 2.45) is 0 Å². The summed E-state index contributed by atoms with van der Waals surface area (Å²) < 4.78 is 1.63. The Morgan fingerprint density at radius 2 is 2.17 bits per heavy atom.